The molecule has 0 atom stereocenters. The molecule has 1 N–H and O–H groups in total. The maximum Gasteiger partial charge on any atom is 0.193 e. The fourth-order valence-corrected chi connectivity index (χ4v) is 2.72. The van der Waals surface area contributed by atoms with Crippen molar-refractivity contribution in [3.63, 3.8) is 0 Å². The number of halogens is 1. The van der Waals surface area contributed by atoms with E-state index >= 15 is 0 Å². The molecule has 0 aromatic carbocycles. The quantitative estimate of drug-likeness (QED) is 0.862. The Bertz CT molecular complexity index is 339. The molecule has 16 heavy (non-hydrogen) atoms. The first-order chi connectivity index (χ1) is 7.58. The van der Waals surface area contributed by atoms with Gasteiger partial charge in [0.25, 0.3) is 0 Å². The van der Waals surface area contributed by atoms with Crippen LogP contribution in [-0.2, 0) is 6.54 Å². The van der Waals surface area contributed by atoms with Crippen LogP contribution in [0.15, 0.2) is 16.5 Å². The van der Waals surface area contributed by atoms with Gasteiger partial charge in [-0.1, -0.05) is 12.8 Å². The molecule has 0 radical (unpaired) electrons. The average molecular weight is 242 g/mol. The third kappa shape index (κ3) is 2.80. The molecule has 1 aliphatic rings. The Hall–Kier alpha value is -0.470. The lowest BCUT2D eigenvalue weighted by Crippen LogP contribution is -2.44. The van der Waals surface area contributed by atoms with Gasteiger partial charge in [-0.2, -0.15) is 0 Å². The summed E-state index contributed by atoms with van der Waals surface area (Å²) in [6.07, 6.45) is 5.45. The fraction of sp³-hybridized carbons (Fsp3) is 0.692. The van der Waals surface area contributed by atoms with Gasteiger partial charge in [-0.3, -0.25) is 0 Å². The average Bonchev–Trinajstić information content (AvgIpc) is 2.85. The van der Waals surface area contributed by atoms with Crippen molar-refractivity contribution in [3.05, 3.63) is 23.1 Å². The zero-order valence-electron chi connectivity index (χ0n) is 10.1. The van der Waals surface area contributed by atoms with Crippen LogP contribution < -0.4 is 5.32 Å². The highest BCUT2D eigenvalue weighted by Gasteiger charge is 2.31. The van der Waals surface area contributed by atoms with Crippen LogP contribution in [0, 0.1) is 5.92 Å². The summed E-state index contributed by atoms with van der Waals surface area (Å²) in [5.74, 6) is 1.70. The number of hydrogen-bond donors (Lipinski definition) is 1. The summed E-state index contributed by atoms with van der Waals surface area (Å²) < 4.78 is 5.34. The van der Waals surface area contributed by atoms with Gasteiger partial charge >= 0.3 is 0 Å². The topological polar surface area (TPSA) is 25.2 Å². The second-order valence-corrected chi connectivity index (χ2v) is 5.63. The molecule has 1 saturated carbocycles. The van der Waals surface area contributed by atoms with Crippen LogP contribution in [0.5, 0.6) is 0 Å². The normalized spacial score (nSPS) is 18.2. The highest BCUT2D eigenvalue weighted by Crippen LogP contribution is 2.33. The van der Waals surface area contributed by atoms with E-state index in [4.69, 9.17) is 16.0 Å². The molecule has 90 valence electrons. The molecule has 1 aromatic rings. The van der Waals surface area contributed by atoms with E-state index in [1.165, 1.54) is 25.7 Å². The second kappa shape index (κ2) is 4.80. The highest BCUT2D eigenvalue weighted by atomic mass is 35.5. The first-order valence-corrected chi connectivity index (χ1v) is 6.45. The van der Waals surface area contributed by atoms with Crippen molar-refractivity contribution in [2.24, 2.45) is 5.92 Å². The first kappa shape index (κ1) is 12.0. The predicted octanol–water partition coefficient (Wildman–Crippen LogP) is 3.99. The summed E-state index contributed by atoms with van der Waals surface area (Å²) in [4.78, 5) is 0. The van der Waals surface area contributed by atoms with Crippen LogP contribution in [0.1, 0.15) is 45.3 Å². The Morgan fingerprint density at radius 2 is 2.06 bits per heavy atom. The van der Waals surface area contributed by atoms with E-state index in [0.29, 0.717) is 5.22 Å². The Morgan fingerprint density at radius 3 is 2.62 bits per heavy atom. The van der Waals surface area contributed by atoms with Gasteiger partial charge in [-0.15, -0.1) is 0 Å². The summed E-state index contributed by atoms with van der Waals surface area (Å²) >= 11 is 5.74. The van der Waals surface area contributed by atoms with E-state index in [2.05, 4.69) is 19.2 Å². The molecule has 0 aliphatic heterocycles. The zero-order chi connectivity index (χ0) is 11.6. The molecule has 0 spiro atoms. The molecule has 0 amide bonds. The monoisotopic (exact) mass is 241 g/mol. The Kier molecular flexibility index (Phi) is 3.60. The summed E-state index contributed by atoms with van der Waals surface area (Å²) in [5.41, 5.74) is 0.190. The van der Waals surface area contributed by atoms with E-state index in [1.54, 1.807) is 6.07 Å². The van der Waals surface area contributed by atoms with Crippen molar-refractivity contribution < 1.29 is 4.42 Å². The molecular weight excluding hydrogens is 222 g/mol. The number of hydrogen-bond acceptors (Lipinski definition) is 2. The van der Waals surface area contributed by atoms with Gasteiger partial charge in [0.05, 0.1) is 6.54 Å². The minimum absolute atomic E-state index is 0.190. The molecule has 1 fully saturated rings. The SMILES string of the molecule is CC(C)(NCc1ccc(Cl)o1)C1CCCC1. The third-order valence-electron chi connectivity index (χ3n) is 3.72. The Labute approximate surface area is 102 Å². The smallest absolute Gasteiger partial charge is 0.193 e. The van der Waals surface area contributed by atoms with Crippen LogP contribution in [0.3, 0.4) is 0 Å². The molecule has 0 bridgehead atoms. The fourth-order valence-electron chi connectivity index (χ4n) is 2.55. The molecule has 1 heterocycles. The molecule has 2 rings (SSSR count). The lowest BCUT2D eigenvalue weighted by Gasteiger charge is -2.32. The maximum absolute atomic E-state index is 5.74. The van der Waals surface area contributed by atoms with Crippen LogP contribution in [0.4, 0.5) is 0 Å². The maximum atomic E-state index is 5.74. The van der Waals surface area contributed by atoms with Crippen LogP contribution in [0.25, 0.3) is 0 Å². The summed E-state index contributed by atoms with van der Waals surface area (Å²) in [6, 6.07) is 3.72. The second-order valence-electron chi connectivity index (χ2n) is 5.26. The first-order valence-electron chi connectivity index (χ1n) is 6.07. The number of furan rings is 1. The predicted molar refractivity (Wildman–Crippen MR) is 66.6 cm³/mol. The molecule has 3 heteroatoms. The van der Waals surface area contributed by atoms with Crippen LogP contribution >= 0.6 is 11.6 Å². The summed E-state index contributed by atoms with van der Waals surface area (Å²) in [7, 11) is 0. The third-order valence-corrected chi connectivity index (χ3v) is 3.93. The van der Waals surface area contributed by atoms with Crippen molar-refractivity contribution in [3.8, 4) is 0 Å². The Balaban J connectivity index is 1.88. The van der Waals surface area contributed by atoms with Gasteiger partial charge in [0.1, 0.15) is 5.76 Å². The van der Waals surface area contributed by atoms with Gasteiger partial charge in [-0.05, 0) is 56.3 Å². The molecule has 1 aliphatic carbocycles. The molecule has 0 saturated heterocycles. The minimum atomic E-state index is 0.190. The molecule has 1 aromatic heterocycles. The largest absolute Gasteiger partial charge is 0.448 e. The van der Waals surface area contributed by atoms with Crippen molar-refractivity contribution >= 4 is 11.6 Å². The lowest BCUT2D eigenvalue weighted by atomic mass is 9.86. The van der Waals surface area contributed by atoms with E-state index < -0.39 is 0 Å². The van der Waals surface area contributed by atoms with Crippen molar-refractivity contribution in [1.29, 1.82) is 0 Å². The molecule has 0 unspecified atom stereocenters. The van der Waals surface area contributed by atoms with Crippen LogP contribution in [0.2, 0.25) is 5.22 Å². The van der Waals surface area contributed by atoms with Crippen molar-refractivity contribution in [1.82, 2.24) is 5.32 Å². The van der Waals surface area contributed by atoms with E-state index in [0.717, 1.165) is 18.2 Å². The van der Waals surface area contributed by atoms with E-state index in [9.17, 15) is 0 Å². The van der Waals surface area contributed by atoms with Crippen molar-refractivity contribution in [2.75, 3.05) is 0 Å². The number of nitrogens with one attached hydrogen (secondary N) is 1. The summed E-state index contributed by atoms with van der Waals surface area (Å²) in [6.45, 7) is 5.33. The molecular formula is C13H20ClNO. The number of rotatable bonds is 4. The van der Waals surface area contributed by atoms with Gasteiger partial charge in [0, 0.05) is 5.54 Å². The van der Waals surface area contributed by atoms with Crippen LogP contribution in [-0.4, -0.2) is 5.54 Å². The van der Waals surface area contributed by atoms with Gasteiger partial charge in [-0.25, -0.2) is 0 Å². The van der Waals surface area contributed by atoms with Crippen molar-refractivity contribution in [2.45, 2.75) is 51.6 Å². The summed E-state index contributed by atoms with van der Waals surface area (Å²) in [5, 5.41) is 4.05. The van der Waals surface area contributed by atoms with Gasteiger partial charge < -0.3 is 9.73 Å². The lowest BCUT2D eigenvalue weighted by molar-refractivity contribution is 0.247. The molecule has 2 nitrogen and oxygen atoms in total. The minimum Gasteiger partial charge on any atom is -0.448 e. The van der Waals surface area contributed by atoms with E-state index in [-0.39, 0.29) is 5.54 Å². The Morgan fingerprint density at radius 1 is 1.38 bits per heavy atom. The standard InChI is InChI=1S/C13H20ClNO/c1-13(2,10-5-3-4-6-10)15-9-11-7-8-12(14)16-11/h7-8,10,15H,3-6,9H2,1-2H3. The van der Waals surface area contributed by atoms with E-state index in [1.807, 2.05) is 6.07 Å². The zero-order valence-corrected chi connectivity index (χ0v) is 10.8. The van der Waals surface area contributed by atoms with Gasteiger partial charge in [0.2, 0.25) is 0 Å². The highest BCUT2D eigenvalue weighted by molar-refractivity contribution is 6.28. The van der Waals surface area contributed by atoms with Gasteiger partial charge in [0.15, 0.2) is 5.22 Å².